The summed E-state index contributed by atoms with van der Waals surface area (Å²) in [5, 5.41) is 13.8. The van der Waals surface area contributed by atoms with Crippen molar-refractivity contribution in [1.82, 2.24) is 9.97 Å². The number of aliphatic hydroxyl groups is 1. The summed E-state index contributed by atoms with van der Waals surface area (Å²) >= 11 is 5.79. The van der Waals surface area contributed by atoms with Gasteiger partial charge in [-0.1, -0.05) is 24.4 Å². The fourth-order valence-electron chi connectivity index (χ4n) is 2.49. The molecule has 2 rings (SSSR count). The van der Waals surface area contributed by atoms with E-state index in [2.05, 4.69) is 15.3 Å². The summed E-state index contributed by atoms with van der Waals surface area (Å²) in [6, 6.07) is 1.60. The molecule has 1 atom stereocenters. The van der Waals surface area contributed by atoms with Crippen LogP contribution in [0.15, 0.2) is 6.07 Å². The second-order valence-electron chi connectivity index (χ2n) is 5.13. The summed E-state index contributed by atoms with van der Waals surface area (Å²) in [6.07, 6.45) is 4.57. The average molecular weight is 271 g/mol. The van der Waals surface area contributed by atoms with Crippen LogP contribution < -0.4 is 11.1 Å². The molecule has 18 heavy (non-hydrogen) atoms. The Kier molecular flexibility index (Phi) is 3.92. The zero-order chi connectivity index (χ0) is 13.2. The lowest BCUT2D eigenvalue weighted by molar-refractivity contribution is 0.0142. The molecule has 0 aliphatic heterocycles. The highest BCUT2D eigenvalue weighted by molar-refractivity contribution is 6.29. The monoisotopic (exact) mass is 270 g/mol. The molecule has 1 saturated carbocycles. The van der Waals surface area contributed by atoms with E-state index < -0.39 is 5.60 Å². The molecule has 6 heteroatoms. The first-order valence-corrected chi connectivity index (χ1v) is 6.61. The molecule has 0 bridgehead atoms. The van der Waals surface area contributed by atoms with Crippen LogP contribution in [0, 0.1) is 5.92 Å². The molecule has 0 unspecified atom stereocenters. The number of hydrogen-bond donors (Lipinski definition) is 3. The van der Waals surface area contributed by atoms with Crippen LogP contribution in [0.5, 0.6) is 0 Å². The predicted molar refractivity (Wildman–Crippen MR) is 72.5 cm³/mol. The molecule has 0 amide bonds. The van der Waals surface area contributed by atoms with Crippen molar-refractivity contribution in [3.63, 3.8) is 0 Å². The molecule has 0 spiro atoms. The first-order valence-electron chi connectivity index (χ1n) is 6.24. The topological polar surface area (TPSA) is 84.1 Å². The van der Waals surface area contributed by atoms with Crippen molar-refractivity contribution in [3.05, 3.63) is 11.2 Å². The van der Waals surface area contributed by atoms with E-state index in [0.29, 0.717) is 23.4 Å². The van der Waals surface area contributed by atoms with Crippen LogP contribution in [0.3, 0.4) is 0 Å². The van der Waals surface area contributed by atoms with Gasteiger partial charge in [-0.05, 0) is 25.7 Å². The van der Waals surface area contributed by atoms with Crippen LogP contribution in [-0.4, -0.2) is 27.2 Å². The number of halogens is 1. The van der Waals surface area contributed by atoms with Gasteiger partial charge in [-0.3, -0.25) is 0 Å². The SMILES string of the molecule is C[C@@](O)(CNc1cc(Cl)nc(N)n1)C1CCCC1. The van der Waals surface area contributed by atoms with Gasteiger partial charge in [0.2, 0.25) is 5.95 Å². The minimum Gasteiger partial charge on any atom is -0.388 e. The quantitative estimate of drug-likeness (QED) is 0.730. The molecule has 5 nitrogen and oxygen atoms in total. The molecule has 0 aromatic carbocycles. The van der Waals surface area contributed by atoms with Crippen molar-refractivity contribution >= 4 is 23.4 Å². The van der Waals surface area contributed by atoms with Gasteiger partial charge in [0.05, 0.1) is 5.60 Å². The third kappa shape index (κ3) is 3.23. The lowest BCUT2D eigenvalue weighted by Crippen LogP contribution is -2.40. The highest BCUT2D eigenvalue weighted by Gasteiger charge is 2.33. The number of aromatic nitrogens is 2. The maximum absolute atomic E-state index is 10.4. The highest BCUT2D eigenvalue weighted by atomic mass is 35.5. The normalized spacial score (nSPS) is 19.7. The van der Waals surface area contributed by atoms with Crippen LogP contribution in [0.4, 0.5) is 11.8 Å². The summed E-state index contributed by atoms with van der Waals surface area (Å²) in [5.41, 5.74) is 4.78. The largest absolute Gasteiger partial charge is 0.388 e. The fraction of sp³-hybridized carbons (Fsp3) is 0.667. The van der Waals surface area contributed by atoms with Gasteiger partial charge in [0.1, 0.15) is 11.0 Å². The zero-order valence-electron chi connectivity index (χ0n) is 10.5. The maximum Gasteiger partial charge on any atom is 0.223 e. The Balaban J connectivity index is 1.97. The Bertz CT molecular complexity index is 398. The molecule has 1 heterocycles. The summed E-state index contributed by atoms with van der Waals surface area (Å²) in [4.78, 5) is 7.81. The molecule has 1 aromatic heterocycles. The standard InChI is InChI=1S/C12H19ClN4O/c1-12(18,8-4-2-3-5-8)7-15-10-6-9(13)16-11(14)17-10/h6,8,18H,2-5,7H2,1H3,(H3,14,15,16,17)/t12-/m1/s1. The Morgan fingerprint density at radius 3 is 2.78 bits per heavy atom. The number of nitrogen functional groups attached to an aromatic ring is 1. The summed E-state index contributed by atoms with van der Waals surface area (Å²) in [7, 11) is 0. The zero-order valence-corrected chi connectivity index (χ0v) is 11.2. The Labute approximate surface area is 112 Å². The molecule has 1 aliphatic rings. The van der Waals surface area contributed by atoms with Crippen molar-refractivity contribution in [2.75, 3.05) is 17.6 Å². The smallest absolute Gasteiger partial charge is 0.223 e. The van der Waals surface area contributed by atoms with E-state index in [0.717, 1.165) is 12.8 Å². The Morgan fingerprint density at radius 1 is 1.50 bits per heavy atom. The van der Waals surface area contributed by atoms with Gasteiger partial charge in [0.25, 0.3) is 0 Å². The van der Waals surface area contributed by atoms with E-state index in [4.69, 9.17) is 17.3 Å². The first kappa shape index (κ1) is 13.4. The number of hydrogen-bond acceptors (Lipinski definition) is 5. The van der Waals surface area contributed by atoms with E-state index in [1.54, 1.807) is 6.07 Å². The van der Waals surface area contributed by atoms with Crippen molar-refractivity contribution in [2.24, 2.45) is 5.92 Å². The molecular weight excluding hydrogens is 252 g/mol. The van der Waals surface area contributed by atoms with E-state index in [1.807, 2.05) is 6.92 Å². The van der Waals surface area contributed by atoms with Crippen LogP contribution in [0.1, 0.15) is 32.6 Å². The number of nitrogens with one attached hydrogen (secondary N) is 1. The second kappa shape index (κ2) is 5.28. The fourth-order valence-corrected chi connectivity index (χ4v) is 2.68. The van der Waals surface area contributed by atoms with Gasteiger partial charge in [-0.2, -0.15) is 4.98 Å². The molecule has 1 aliphatic carbocycles. The number of nitrogens with two attached hydrogens (primary N) is 1. The molecule has 4 N–H and O–H groups in total. The first-order chi connectivity index (χ1) is 8.47. The van der Waals surface area contributed by atoms with Gasteiger partial charge in [0, 0.05) is 12.6 Å². The molecule has 100 valence electrons. The Hall–Kier alpha value is -1.07. The van der Waals surface area contributed by atoms with Gasteiger partial charge in [-0.25, -0.2) is 4.98 Å². The van der Waals surface area contributed by atoms with Crippen LogP contribution >= 0.6 is 11.6 Å². The average Bonchev–Trinajstić information content (AvgIpc) is 2.79. The number of rotatable bonds is 4. The molecule has 0 saturated heterocycles. The second-order valence-corrected chi connectivity index (χ2v) is 5.51. The summed E-state index contributed by atoms with van der Waals surface area (Å²) in [5.74, 6) is 1.02. The number of anilines is 2. The summed E-state index contributed by atoms with van der Waals surface area (Å²) < 4.78 is 0. The van der Waals surface area contributed by atoms with E-state index in [-0.39, 0.29) is 5.95 Å². The summed E-state index contributed by atoms with van der Waals surface area (Å²) in [6.45, 7) is 2.30. The predicted octanol–water partition coefficient (Wildman–Crippen LogP) is 2.07. The van der Waals surface area contributed by atoms with E-state index in [9.17, 15) is 5.11 Å². The molecule has 1 aromatic rings. The van der Waals surface area contributed by atoms with E-state index >= 15 is 0 Å². The molecule has 0 radical (unpaired) electrons. The van der Waals surface area contributed by atoms with Crippen LogP contribution in [0.2, 0.25) is 5.15 Å². The third-order valence-corrected chi connectivity index (χ3v) is 3.77. The minimum absolute atomic E-state index is 0.130. The minimum atomic E-state index is -0.733. The van der Waals surface area contributed by atoms with Gasteiger partial charge >= 0.3 is 0 Å². The Morgan fingerprint density at radius 2 is 2.17 bits per heavy atom. The van der Waals surface area contributed by atoms with Gasteiger partial charge in [0.15, 0.2) is 0 Å². The van der Waals surface area contributed by atoms with Crippen LogP contribution in [0.25, 0.3) is 0 Å². The van der Waals surface area contributed by atoms with Crippen molar-refractivity contribution in [3.8, 4) is 0 Å². The number of nitrogens with zero attached hydrogens (tertiary/aromatic N) is 2. The highest BCUT2D eigenvalue weighted by Crippen LogP contribution is 2.34. The van der Waals surface area contributed by atoms with Crippen LogP contribution in [-0.2, 0) is 0 Å². The molecular formula is C12H19ClN4O. The van der Waals surface area contributed by atoms with Gasteiger partial charge in [-0.15, -0.1) is 0 Å². The van der Waals surface area contributed by atoms with Crippen molar-refractivity contribution < 1.29 is 5.11 Å². The van der Waals surface area contributed by atoms with Crippen molar-refractivity contribution in [1.29, 1.82) is 0 Å². The van der Waals surface area contributed by atoms with Crippen molar-refractivity contribution in [2.45, 2.75) is 38.2 Å². The van der Waals surface area contributed by atoms with Gasteiger partial charge < -0.3 is 16.2 Å². The van der Waals surface area contributed by atoms with E-state index in [1.165, 1.54) is 12.8 Å². The maximum atomic E-state index is 10.4. The lowest BCUT2D eigenvalue weighted by atomic mass is 9.88. The lowest BCUT2D eigenvalue weighted by Gasteiger charge is -2.30. The third-order valence-electron chi connectivity index (χ3n) is 3.57. The molecule has 1 fully saturated rings.